The molecular weight excluding hydrogens is 256 g/mol. The molecule has 0 aliphatic heterocycles. The maximum absolute atomic E-state index is 10.8. The molecule has 0 fully saturated rings. The van der Waals surface area contributed by atoms with Crippen LogP contribution in [-0.2, 0) is 4.79 Å². The molecule has 1 atom stereocenters. The van der Waals surface area contributed by atoms with E-state index in [-0.39, 0.29) is 5.97 Å². The summed E-state index contributed by atoms with van der Waals surface area (Å²) in [7, 11) is 0. The van der Waals surface area contributed by atoms with E-state index < -0.39 is 0 Å². The van der Waals surface area contributed by atoms with E-state index >= 15 is 0 Å². The minimum absolute atomic E-state index is 0.293. The Kier molecular flexibility index (Phi) is 4.63. The Bertz CT molecular complexity index is 534. The zero-order valence-corrected chi connectivity index (χ0v) is 11.8. The fraction of sp³-hybridized carbons (Fsp3) is 0.188. The van der Waals surface area contributed by atoms with Gasteiger partial charge in [-0.2, -0.15) is 0 Å². The molecule has 2 aromatic rings. The van der Waals surface area contributed by atoms with Crippen LogP contribution in [0.5, 0.6) is 5.75 Å². The predicted octanol–water partition coefficient (Wildman–Crippen LogP) is 4.47. The summed E-state index contributed by atoms with van der Waals surface area (Å²) >= 11 is 1.78. The van der Waals surface area contributed by atoms with Gasteiger partial charge in [-0.25, -0.2) is 0 Å². The Hall–Kier alpha value is -1.74. The summed E-state index contributed by atoms with van der Waals surface area (Å²) in [6.45, 7) is 3.58. The van der Waals surface area contributed by atoms with E-state index in [2.05, 4.69) is 31.2 Å². The first-order chi connectivity index (χ1) is 9.15. The molecule has 2 aromatic carbocycles. The van der Waals surface area contributed by atoms with E-state index in [4.69, 9.17) is 4.74 Å². The summed E-state index contributed by atoms with van der Waals surface area (Å²) in [6, 6.07) is 18.0. The summed E-state index contributed by atoms with van der Waals surface area (Å²) in [5.74, 6) is 0.294. The Morgan fingerprint density at radius 2 is 1.68 bits per heavy atom. The van der Waals surface area contributed by atoms with Gasteiger partial charge in [0.15, 0.2) is 0 Å². The molecule has 19 heavy (non-hydrogen) atoms. The minimum atomic E-state index is -0.293. The third-order valence-electron chi connectivity index (χ3n) is 2.67. The third kappa shape index (κ3) is 4.14. The van der Waals surface area contributed by atoms with Crippen molar-refractivity contribution in [3.8, 4) is 5.75 Å². The van der Waals surface area contributed by atoms with E-state index in [1.165, 1.54) is 12.5 Å². The van der Waals surface area contributed by atoms with Gasteiger partial charge in [-0.1, -0.05) is 30.3 Å². The number of benzene rings is 2. The highest BCUT2D eigenvalue weighted by Gasteiger charge is 2.07. The minimum Gasteiger partial charge on any atom is -0.427 e. The van der Waals surface area contributed by atoms with Crippen molar-refractivity contribution in [2.24, 2.45) is 0 Å². The number of ether oxygens (including phenoxy) is 1. The van der Waals surface area contributed by atoms with Gasteiger partial charge in [-0.15, -0.1) is 11.8 Å². The lowest BCUT2D eigenvalue weighted by molar-refractivity contribution is -0.131. The van der Waals surface area contributed by atoms with Crippen molar-refractivity contribution in [3.63, 3.8) is 0 Å². The molecule has 0 N–H and O–H groups in total. The fourth-order valence-corrected chi connectivity index (χ4v) is 2.74. The van der Waals surface area contributed by atoms with Crippen LogP contribution >= 0.6 is 11.8 Å². The average molecular weight is 272 g/mol. The van der Waals surface area contributed by atoms with Crippen LogP contribution in [0.4, 0.5) is 0 Å². The van der Waals surface area contributed by atoms with Crippen LogP contribution in [0.25, 0.3) is 0 Å². The van der Waals surface area contributed by atoms with Crippen LogP contribution in [-0.4, -0.2) is 5.97 Å². The number of hydrogen-bond donors (Lipinski definition) is 0. The molecule has 0 aromatic heterocycles. The smallest absolute Gasteiger partial charge is 0.308 e. The molecule has 0 saturated carbocycles. The van der Waals surface area contributed by atoms with Crippen LogP contribution in [0.3, 0.4) is 0 Å². The van der Waals surface area contributed by atoms with Crippen molar-refractivity contribution in [1.29, 1.82) is 0 Å². The topological polar surface area (TPSA) is 26.3 Å². The molecule has 0 spiro atoms. The Labute approximate surface area is 117 Å². The molecule has 0 saturated heterocycles. The number of carbonyl (C=O) groups is 1. The second kappa shape index (κ2) is 6.43. The van der Waals surface area contributed by atoms with E-state index in [0.717, 1.165) is 4.90 Å². The molecule has 0 radical (unpaired) electrons. The van der Waals surface area contributed by atoms with Gasteiger partial charge < -0.3 is 4.74 Å². The van der Waals surface area contributed by atoms with Crippen LogP contribution in [0.1, 0.15) is 24.7 Å². The van der Waals surface area contributed by atoms with Gasteiger partial charge in [-0.3, -0.25) is 4.79 Å². The predicted molar refractivity (Wildman–Crippen MR) is 78.5 cm³/mol. The Balaban J connectivity index is 2.01. The monoisotopic (exact) mass is 272 g/mol. The summed E-state index contributed by atoms with van der Waals surface area (Å²) in [5, 5.41) is 0.390. The Morgan fingerprint density at radius 3 is 2.26 bits per heavy atom. The van der Waals surface area contributed by atoms with Crippen molar-refractivity contribution in [3.05, 3.63) is 60.2 Å². The summed E-state index contributed by atoms with van der Waals surface area (Å²) in [6.07, 6.45) is 0. The summed E-state index contributed by atoms with van der Waals surface area (Å²) in [5.41, 5.74) is 1.30. The molecule has 0 bridgehead atoms. The van der Waals surface area contributed by atoms with Gasteiger partial charge in [0.05, 0.1) is 0 Å². The zero-order chi connectivity index (χ0) is 13.7. The van der Waals surface area contributed by atoms with Gasteiger partial charge in [0.1, 0.15) is 5.75 Å². The van der Waals surface area contributed by atoms with Crippen molar-refractivity contribution >= 4 is 17.7 Å². The number of thioether (sulfide) groups is 1. The molecule has 0 heterocycles. The molecule has 0 aliphatic carbocycles. The maximum atomic E-state index is 10.8. The SMILES string of the molecule is CC(=O)Oc1ccc(SC(C)c2ccccc2)cc1. The lowest BCUT2D eigenvalue weighted by atomic mass is 10.2. The second-order valence-electron chi connectivity index (χ2n) is 4.24. The summed E-state index contributed by atoms with van der Waals surface area (Å²) < 4.78 is 5.01. The standard InChI is InChI=1S/C16H16O2S/c1-12(14-6-4-3-5-7-14)19-16-10-8-15(9-11-16)18-13(2)17/h3-12H,1-2H3. The lowest BCUT2D eigenvalue weighted by Crippen LogP contribution is -2.00. The molecule has 1 unspecified atom stereocenters. The third-order valence-corrected chi connectivity index (χ3v) is 3.84. The van der Waals surface area contributed by atoms with Gasteiger partial charge >= 0.3 is 5.97 Å². The number of carbonyl (C=O) groups excluding carboxylic acids is 1. The number of rotatable bonds is 4. The zero-order valence-electron chi connectivity index (χ0n) is 11.0. The van der Waals surface area contributed by atoms with Crippen LogP contribution < -0.4 is 4.74 Å². The lowest BCUT2D eigenvalue weighted by Gasteiger charge is -2.11. The van der Waals surface area contributed by atoms with Crippen molar-refractivity contribution in [2.45, 2.75) is 24.0 Å². The van der Waals surface area contributed by atoms with Crippen molar-refractivity contribution in [2.75, 3.05) is 0 Å². The molecular formula is C16H16O2S. The normalized spacial score (nSPS) is 11.9. The van der Waals surface area contributed by atoms with Gasteiger partial charge in [0, 0.05) is 17.1 Å². The second-order valence-corrected chi connectivity index (χ2v) is 5.65. The van der Waals surface area contributed by atoms with Gasteiger partial charge in [-0.05, 0) is 36.8 Å². The molecule has 0 aliphatic rings. The van der Waals surface area contributed by atoms with Crippen LogP contribution in [0, 0.1) is 0 Å². The highest BCUT2D eigenvalue weighted by molar-refractivity contribution is 7.99. The molecule has 3 heteroatoms. The first-order valence-corrected chi connectivity index (χ1v) is 7.03. The molecule has 98 valence electrons. The van der Waals surface area contributed by atoms with Crippen LogP contribution in [0.2, 0.25) is 0 Å². The van der Waals surface area contributed by atoms with Crippen molar-refractivity contribution < 1.29 is 9.53 Å². The first-order valence-electron chi connectivity index (χ1n) is 6.15. The molecule has 0 amide bonds. The van der Waals surface area contributed by atoms with Gasteiger partial charge in [0.2, 0.25) is 0 Å². The van der Waals surface area contributed by atoms with Gasteiger partial charge in [0.25, 0.3) is 0 Å². The fourth-order valence-electron chi connectivity index (χ4n) is 1.75. The summed E-state index contributed by atoms with van der Waals surface area (Å²) in [4.78, 5) is 12.0. The highest BCUT2D eigenvalue weighted by atomic mass is 32.2. The van der Waals surface area contributed by atoms with Crippen molar-refractivity contribution in [1.82, 2.24) is 0 Å². The van der Waals surface area contributed by atoms with Crippen LogP contribution in [0.15, 0.2) is 59.5 Å². The van der Waals surface area contributed by atoms with E-state index in [1.807, 2.05) is 30.3 Å². The number of hydrogen-bond acceptors (Lipinski definition) is 3. The highest BCUT2D eigenvalue weighted by Crippen LogP contribution is 2.35. The molecule has 2 nitrogen and oxygen atoms in total. The van der Waals surface area contributed by atoms with E-state index in [1.54, 1.807) is 11.8 Å². The maximum Gasteiger partial charge on any atom is 0.308 e. The first kappa shape index (κ1) is 13.7. The van der Waals surface area contributed by atoms with E-state index in [9.17, 15) is 4.79 Å². The number of esters is 1. The average Bonchev–Trinajstić information content (AvgIpc) is 2.41. The molecule has 2 rings (SSSR count). The largest absolute Gasteiger partial charge is 0.427 e. The Morgan fingerprint density at radius 1 is 1.05 bits per heavy atom. The van der Waals surface area contributed by atoms with E-state index in [0.29, 0.717) is 11.0 Å². The quantitative estimate of drug-likeness (QED) is 0.467.